The third-order valence-corrected chi connectivity index (χ3v) is 7.37. The van der Waals surface area contributed by atoms with Crippen molar-refractivity contribution in [3.8, 4) is 11.3 Å². The molecule has 0 radical (unpaired) electrons. The number of aromatic nitrogens is 5. The van der Waals surface area contributed by atoms with Crippen LogP contribution in [0, 0.1) is 0 Å². The highest BCUT2D eigenvalue weighted by Gasteiger charge is 2.37. The summed E-state index contributed by atoms with van der Waals surface area (Å²) in [7, 11) is 1.93. The van der Waals surface area contributed by atoms with Gasteiger partial charge in [0, 0.05) is 40.4 Å². The number of nitrogens with zero attached hydrogens (tertiary/aromatic N) is 5. The second kappa shape index (κ2) is 8.38. The summed E-state index contributed by atoms with van der Waals surface area (Å²) >= 11 is 20.1. The van der Waals surface area contributed by atoms with Crippen LogP contribution in [0.15, 0.2) is 91.6 Å². The van der Waals surface area contributed by atoms with Gasteiger partial charge < -0.3 is 4.57 Å². The Labute approximate surface area is 216 Å². The maximum Gasteiger partial charge on any atom is 0.234 e. The fourth-order valence-electron chi connectivity index (χ4n) is 4.56. The van der Waals surface area contributed by atoms with Gasteiger partial charge >= 0.3 is 0 Å². The van der Waals surface area contributed by atoms with Gasteiger partial charge in [-0.05, 0) is 47.5 Å². The monoisotopic (exact) mass is 517 g/mol. The average molecular weight is 519 g/mol. The first kappa shape index (κ1) is 22.1. The van der Waals surface area contributed by atoms with Crippen molar-refractivity contribution in [3.63, 3.8) is 0 Å². The summed E-state index contributed by atoms with van der Waals surface area (Å²) in [4.78, 5) is 12.6. The van der Waals surface area contributed by atoms with Gasteiger partial charge in [-0.1, -0.05) is 53.5 Å². The van der Waals surface area contributed by atoms with E-state index in [9.17, 15) is 0 Å². The third kappa shape index (κ3) is 3.59. The average Bonchev–Trinajstić information content (AvgIpc) is 3.52. The first-order chi connectivity index (χ1) is 16.9. The lowest BCUT2D eigenvalue weighted by atomic mass is 9.86. The molecule has 3 aromatic heterocycles. The molecule has 0 bridgehead atoms. The zero-order chi connectivity index (χ0) is 24.2. The van der Waals surface area contributed by atoms with Gasteiger partial charge in [0.1, 0.15) is 4.87 Å². The quantitative estimate of drug-likeness (QED) is 0.233. The Morgan fingerprint density at radius 2 is 1.69 bits per heavy atom. The van der Waals surface area contributed by atoms with E-state index in [1.54, 1.807) is 18.7 Å². The van der Waals surface area contributed by atoms with E-state index < -0.39 is 4.87 Å². The van der Waals surface area contributed by atoms with Crippen molar-refractivity contribution >= 4 is 51.5 Å². The first-order valence-electron chi connectivity index (χ1n) is 10.9. The molecule has 0 aliphatic carbocycles. The van der Waals surface area contributed by atoms with Gasteiger partial charge in [0.2, 0.25) is 5.78 Å². The van der Waals surface area contributed by atoms with Crippen LogP contribution in [0.1, 0.15) is 16.8 Å². The lowest BCUT2D eigenvalue weighted by Crippen LogP contribution is -2.25. The van der Waals surface area contributed by atoms with Crippen LogP contribution in [0.5, 0.6) is 0 Å². The molecule has 0 aliphatic heterocycles. The maximum atomic E-state index is 7.57. The van der Waals surface area contributed by atoms with Crippen LogP contribution in [0.4, 0.5) is 0 Å². The van der Waals surface area contributed by atoms with Gasteiger partial charge in [0.15, 0.2) is 0 Å². The molecule has 0 spiro atoms. The summed E-state index contributed by atoms with van der Waals surface area (Å²) in [5.41, 5.74) is 5.24. The number of benzene rings is 3. The maximum absolute atomic E-state index is 7.57. The number of rotatable bonds is 4. The Morgan fingerprint density at radius 1 is 0.886 bits per heavy atom. The van der Waals surface area contributed by atoms with Crippen molar-refractivity contribution < 1.29 is 0 Å². The van der Waals surface area contributed by atoms with Crippen LogP contribution >= 0.6 is 34.8 Å². The molecule has 8 heteroatoms. The van der Waals surface area contributed by atoms with Crippen molar-refractivity contribution in [3.05, 3.63) is 119 Å². The predicted molar refractivity (Wildman–Crippen MR) is 141 cm³/mol. The minimum atomic E-state index is -1.01. The molecule has 3 aromatic carbocycles. The van der Waals surface area contributed by atoms with Crippen LogP contribution in [0.2, 0.25) is 10.0 Å². The highest BCUT2D eigenvalue weighted by Crippen LogP contribution is 2.44. The molecule has 0 saturated heterocycles. The second-order valence-electron chi connectivity index (χ2n) is 8.36. The van der Waals surface area contributed by atoms with E-state index in [2.05, 4.69) is 22.1 Å². The van der Waals surface area contributed by atoms with E-state index in [4.69, 9.17) is 39.8 Å². The SMILES string of the molecule is Cn1cncc1C(Cl)(c1ccc(Cl)cc1)c1ccc2c(c1)c(-c1cccc(Cl)c1)nc1nccn12. The lowest BCUT2D eigenvalue weighted by molar-refractivity contribution is 0.746. The molecule has 172 valence electrons. The Kier molecular flexibility index (Phi) is 5.29. The lowest BCUT2D eigenvalue weighted by Gasteiger charge is -2.29. The largest absolute Gasteiger partial charge is 0.336 e. The topological polar surface area (TPSA) is 48.0 Å². The fraction of sp³-hybridized carbons (Fsp3) is 0.0741. The van der Waals surface area contributed by atoms with Crippen molar-refractivity contribution in [2.45, 2.75) is 4.87 Å². The number of hydrogen-bond donors (Lipinski definition) is 0. The van der Waals surface area contributed by atoms with Gasteiger partial charge in [-0.25, -0.2) is 15.0 Å². The van der Waals surface area contributed by atoms with Gasteiger partial charge in [-0.3, -0.25) is 4.40 Å². The van der Waals surface area contributed by atoms with E-state index in [1.165, 1.54) is 0 Å². The number of alkyl halides is 1. The Hall–Kier alpha value is -3.38. The van der Waals surface area contributed by atoms with E-state index >= 15 is 0 Å². The summed E-state index contributed by atoms with van der Waals surface area (Å²) in [6.07, 6.45) is 7.19. The van der Waals surface area contributed by atoms with Crippen molar-refractivity contribution in [2.24, 2.45) is 7.05 Å². The zero-order valence-corrected chi connectivity index (χ0v) is 20.8. The predicted octanol–water partition coefficient (Wildman–Crippen LogP) is 7.12. The summed E-state index contributed by atoms with van der Waals surface area (Å²) in [6.45, 7) is 0. The van der Waals surface area contributed by atoms with Crippen molar-refractivity contribution in [2.75, 3.05) is 0 Å². The van der Waals surface area contributed by atoms with E-state index in [0.717, 1.165) is 39.0 Å². The fourth-order valence-corrected chi connectivity index (χ4v) is 5.31. The van der Waals surface area contributed by atoms with Crippen LogP contribution in [-0.4, -0.2) is 23.9 Å². The Morgan fingerprint density at radius 3 is 2.43 bits per heavy atom. The standard InChI is InChI=1S/C27H18Cl3N5/c1-34-16-31-15-24(34)27(30,18-5-8-20(28)9-6-18)19-7-10-23-22(14-19)25(17-3-2-4-21(29)13-17)33-26-32-11-12-35(23)26/h2-16H,1H3. The number of aryl methyl sites for hydroxylation is 1. The molecule has 6 aromatic rings. The van der Waals surface area contributed by atoms with Crippen molar-refractivity contribution in [1.82, 2.24) is 23.9 Å². The van der Waals surface area contributed by atoms with E-state index in [-0.39, 0.29) is 0 Å². The highest BCUT2D eigenvalue weighted by atomic mass is 35.5. The summed E-state index contributed by atoms with van der Waals surface area (Å²) in [6, 6.07) is 21.4. The molecule has 5 nitrogen and oxygen atoms in total. The molecule has 3 heterocycles. The van der Waals surface area contributed by atoms with E-state index in [0.29, 0.717) is 15.8 Å². The Balaban J connectivity index is 1.68. The summed E-state index contributed by atoms with van der Waals surface area (Å²) < 4.78 is 3.90. The molecule has 0 saturated carbocycles. The molecule has 0 amide bonds. The first-order valence-corrected chi connectivity index (χ1v) is 12.0. The molecular formula is C27H18Cl3N5. The number of fused-ring (bicyclic) bond motifs is 3. The van der Waals surface area contributed by atoms with E-state index in [1.807, 2.05) is 76.8 Å². The highest BCUT2D eigenvalue weighted by molar-refractivity contribution is 6.31. The molecule has 35 heavy (non-hydrogen) atoms. The van der Waals surface area contributed by atoms with Gasteiger partial charge in [-0.2, -0.15) is 0 Å². The molecule has 1 atom stereocenters. The van der Waals surface area contributed by atoms with Gasteiger partial charge in [0.05, 0.1) is 29.4 Å². The van der Waals surface area contributed by atoms with Gasteiger partial charge in [-0.15, -0.1) is 11.6 Å². The summed E-state index contributed by atoms with van der Waals surface area (Å²) in [5, 5.41) is 2.21. The van der Waals surface area contributed by atoms with Crippen molar-refractivity contribution in [1.29, 1.82) is 0 Å². The molecule has 0 aliphatic rings. The molecule has 1 unspecified atom stereocenters. The van der Waals surface area contributed by atoms with Crippen LogP contribution in [0.3, 0.4) is 0 Å². The minimum Gasteiger partial charge on any atom is -0.336 e. The van der Waals surface area contributed by atoms with Crippen LogP contribution < -0.4 is 0 Å². The summed E-state index contributed by atoms with van der Waals surface area (Å²) in [5.74, 6) is 0.613. The normalized spacial score (nSPS) is 13.4. The van der Waals surface area contributed by atoms with Crippen LogP contribution in [0.25, 0.3) is 27.9 Å². The Bertz CT molecular complexity index is 1700. The molecular weight excluding hydrogens is 501 g/mol. The molecule has 0 N–H and O–H groups in total. The number of hydrogen-bond acceptors (Lipinski definition) is 3. The molecule has 6 rings (SSSR count). The zero-order valence-electron chi connectivity index (χ0n) is 18.5. The third-order valence-electron chi connectivity index (χ3n) is 6.25. The smallest absolute Gasteiger partial charge is 0.234 e. The molecule has 0 fully saturated rings. The van der Waals surface area contributed by atoms with Crippen LogP contribution in [-0.2, 0) is 11.9 Å². The number of halogens is 3. The van der Waals surface area contributed by atoms with Gasteiger partial charge in [0.25, 0.3) is 0 Å². The minimum absolute atomic E-state index is 0.613. The second-order valence-corrected chi connectivity index (χ2v) is 9.79. The number of imidazole rings is 2.